The summed E-state index contributed by atoms with van der Waals surface area (Å²) in [5.41, 5.74) is 6.31. The molecule has 0 radical (unpaired) electrons. The van der Waals surface area contributed by atoms with Gasteiger partial charge in [0.1, 0.15) is 11.9 Å². The van der Waals surface area contributed by atoms with Crippen molar-refractivity contribution in [3.8, 4) is 0 Å². The highest BCUT2D eigenvalue weighted by Crippen LogP contribution is 2.23. The molecule has 2 nitrogen and oxygen atoms in total. The summed E-state index contributed by atoms with van der Waals surface area (Å²) in [7, 11) is 0. The van der Waals surface area contributed by atoms with E-state index >= 15 is 0 Å². The van der Waals surface area contributed by atoms with Gasteiger partial charge in [-0.25, -0.2) is 0 Å². The van der Waals surface area contributed by atoms with Gasteiger partial charge in [-0.2, -0.15) is 0 Å². The van der Waals surface area contributed by atoms with E-state index in [1.807, 2.05) is 19.9 Å². The van der Waals surface area contributed by atoms with Crippen molar-refractivity contribution in [1.82, 2.24) is 0 Å². The van der Waals surface area contributed by atoms with Gasteiger partial charge in [0.15, 0.2) is 0 Å². The molecule has 0 aromatic carbocycles. The van der Waals surface area contributed by atoms with E-state index in [1.54, 1.807) is 6.08 Å². The molecule has 0 heterocycles. The van der Waals surface area contributed by atoms with Crippen LogP contribution in [0.25, 0.3) is 0 Å². The Kier molecular flexibility index (Phi) is 5.66. The summed E-state index contributed by atoms with van der Waals surface area (Å²) in [6.07, 6.45) is 4.64. The van der Waals surface area contributed by atoms with E-state index in [-0.39, 0.29) is 17.6 Å². The molecule has 0 aromatic rings. The molecule has 0 aliphatic rings. The first-order valence-corrected chi connectivity index (χ1v) is 5.51. The molecule has 0 aliphatic heterocycles. The number of nitrogens with two attached hydrogens (primary N) is 1. The average molecular weight is 211 g/mol. The Labute approximate surface area is 94.2 Å². The molecule has 0 rings (SSSR count). The Morgan fingerprint density at radius 2 is 2.00 bits per heavy atom. The second kappa shape index (κ2) is 5.96. The largest absolute Gasteiger partial charge is 0.490 e. The Morgan fingerprint density at radius 3 is 2.33 bits per heavy atom. The number of hydrogen-bond acceptors (Lipinski definition) is 2. The topological polar surface area (TPSA) is 35.2 Å². The van der Waals surface area contributed by atoms with Crippen LogP contribution in [-0.4, -0.2) is 12.1 Å². The molecule has 0 fully saturated rings. The first-order chi connectivity index (χ1) is 6.80. The Morgan fingerprint density at radius 1 is 1.47 bits per heavy atom. The van der Waals surface area contributed by atoms with Crippen LogP contribution in [0, 0.1) is 5.41 Å². The van der Waals surface area contributed by atoms with Crippen LogP contribution in [0.2, 0.25) is 0 Å². The van der Waals surface area contributed by atoms with Crippen LogP contribution in [0.5, 0.6) is 0 Å². The predicted octanol–water partition coefficient (Wildman–Crippen LogP) is 3.24. The maximum Gasteiger partial charge on any atom is 0.113 e. The quantitative estimate of drug-likeness (QED) is 0.559. The van der Waals surface area contributed by atoms with Crippen molar-refractivity contribution in [3.05, 3.63) is 24.5 Å². The minimum absolute atomic E-state index is 0.0159. The van der Waals surface area contributed by atoms with Crippen LogP contribution < -0.4 is 5.73 Å². The van der Waals surface area contributed by atoms with Crippen LogP contribution in [0.4, 0.5) is 0 Å². The van der Waals surface area contributed by atoms with E-state index in [1.165, 1.54) is 0 Å². The normalized spacial score (nSPS) is 17.1. The number of allylic oxidation sites excluding steroid dienone is 1. The molecule has 0 aromatic heterocycles. The van der Waals surface area contributed by atoms with E-state index in [4.69, 9.17) is 10.5 Å². The molecule has 0 aliphatic carbocycles. The minimum Gasteiger partial charge on any atom is -0.490 e. The summed E-state index contributed by atoms with van der Waals surface area (Å²) >= 11 is 0. The van der Waals surface area contributed by atoms with Gasteiger partial charge in [0.2, 0.25) is 0 Å². The molecular weight excluding hydrogens is 186 g/mol. The van der Waals surface area contributed by atoms with Crippen molar-refractivity contribution in [2.24, 2.45) is 11.1 Å². The van der Waals surface area contributed by atoms with Gasteiger partial charge in [0.25, 0.3) is 0 Å². The molecule has 88 valence electrons. The summed E-state index contributed by atoms with van der Waals surface area (Å²) in [5.74, 6) is 0.859. The van der Waals surface area contributed by atoms with Gasteiger partial charge in [0, 0.05) is 0 Å². The zero-order valence-electron chi connectivity index (χ0n) is 10.7. The molecule has 0 saturated carbocycles. The number of rotatable bonds is 5. The fourth-order valence-corrected chi connectivity index (χ4v) is 1.39. The van der Waals surface area contributed by atoms with Crippen LogP contribution in [-0.2, 0) is 4.74 Å². The zero-order chi connectivity index (χ0) is 12.1. The van der Waals surface area contributed by atoms with E-state index in [2.05, 4.69) is 27.4 Å². The molecule has 2 atom stereocenters. The van der Waals surface area contributed by atoms with Crippen LogP contribution in [0.1, 0.15) is 41.0 Å². The summed E-state index contributed by atoms with van der Waals surface area (Å²) in [6, 6.07) is -0.0302. The summed E-state index contributed by atoms with van der Waals surface area (Å²) < 4.78 is 5.67. The third-order valence-electron chi connectivity index (χ3n) is 2.14. The molecule has 0 saturated heterocycles. The van der Waals surface area contributed by atoms with Crippen molar-refractivity contribution in [2.45, 2.75) is 53.2 Å². The minimum atomic E-state index is -0.0302. The molecule has 2 heteroatoms. The van der Waals surface area contributed by atoms with Gasteiger partial charge in [-0.05, 0) is 31.8 Å². The van der Waals surface area contributed by atoms with E-state index in [0.29, 0.717) is 0 Å². The van der Waals surface area contributed by atoms with Crippen LogP contribution >= 0.6 is 0 Å². The van der Waals surface area contributed by atoms with Crippen molar-refractivity contribution < 1.29 is 4.74 Å². The van der Waals surface area contributed by atoms with E-state index in [0.717, 1.165) is 12.2 Å². The highest BCUT2D eigenvalue weighted by atomic mass is 16.5. The molecule has 2 N–H and O–H groups in total. The van der Waals surface area contributed by atoms with Crippen molar-refractivity contribution in [3.63, 3.8) is 0 Å². The van der Waals surface area contributed by atoms with Crippen LogP contribution in [0.3, 0.4) is 0 Å². The molecule has 0 spiro atoms. The molecular formula is C13H25NO. The maximum absolute atomic E-state index is 6.09. The second-order valence-corrected chi connectivity index (χ2v) is 5.12. The smallest absolute Gasteiger partial charge is 0.113 e. The van der Waals surface area contributed by atoms with Gasteiger partial charge in [-0.1, -0.05) is 33.4 Å². The van der Waals surface area contributed by atoms with Gasteiger partial charge in [0.05, 0.1) is 6.04 Å². The highest BCUT2D eigenvalue weighted by molar-refractivity contribution is 5.03. The summed E-state index contributed by atoms with van der Waals surface area (Å²) in [5, 5.41) is 0. The molecule has 0 amide bonds. The van der Waals surface area contributed by atoms with Gasteiger partial charge < -0.3 is 10.5 Å². The van der Waals surface area contributed by atoms with E-state index < -0.39 is 0 Å². The number of hydrogen-bond donors (Lipinski definition) is 1. The third kappa shape index (κ3) is 6.34. The maximum atomic E-state index is 6.09. The predicted molar refractivity (Wildman–Crippen MR) is 66.5 cm³/mol. The fourth-order valence-electron chi connectivity index (χ4n) is 1.39. The third-order valence-corrected chi connectivity index (χ3v) is 2.14. The summed E-state index contributed by atoms with van der Waals surface area (Å²) in [4.78, 5) is 0. The van der Waals surface area contributed by atoms with Gasteiger partial charge in [-0.15, -0.1) is 0 Å². The second-order valence-electron chi connectivity index (χ2n) is 5.12. The lowest BCUT2D eigenvalue weighted by atomic mass is 9.87. The lowest BCUT2D eigenvalue weighted by Crippen LogP contribution is -2.30. The molecule has 2 unspecified atom stereocenters. The van der Waals surface area contributed by atoms with Crippen molar-refractivity contribution in [2.75, 3.05) is 0 Å². The Balaban J connectivity index is 4.36. The molecule has 0 bridgehead atoms. The van der Waals surface area contributed by atoms with E-state index in [9.17, 15) is 0 Å². The standard InChI is InChI=1S/C13H25NO/c1-7-10(3)15-12(8-2)11(14)9-13(4,5)6/h7-8,10-11H,1,9,14H2,2-6H3/b12-8-. The van der Waals surface area contributed by atoms with Crippen molar-refractivity contribution in [1.29, 1.82) is 0 Å². The summed E-state index contributed by atoms with van der Waals surface area (Å²) in [6.45, 7) is 14.1. The van der Waals surface area contributed by atoms with Gasteiger partial charge >= 0.3 is 0 Å². The lowest BCUT2D eigenvalue weighted by molar-refractivity contribution is 0.144. The van der Waals surface area contributed by atoms with Crippen LogP contribution in [0.15, 0.2) is 24.5 Å². The average Bonchev–Trinajstić information content (AvgIpc) is 2.10. The Hall–Kier alpha value is -0.760. The highest BCUT2D eigenvalue weighted by Gasteiger charge is 2.19. The monoisotopic (exact) mass is 211 g/mol. The number of ether oxygens (including phenoxy) is 1. The fraction of sp³-hybridized carbons (Fsp3) is 0.692. The molecule has 15 heavy (non-hydrogen) atoms. The zero-order valence-corrected chi connectivity index (χ0v) is 10.7. The lowest BCUT2D eigenvalue weighted by Gasteiger charge is -2.26. The van der Waals surface area contributed by atoms with Crippen molar-refractivity contribution >= 4 is 0 Å². The first-order valence-electron chi connectivity index (χ1n) is 5.51. The van der Waals surface area contributed by atoms with Gasteiger partial charge in [-0.3, -0.25) is 0 Å². The SMILES string of the molecule is C=CC(C)O/C(=C\C)C(N)CC(C)(C)C. The first kappa shape index (κ1) is 14.2. The Bertz CT molecular complexity index is 225.